The van der Waals surface area contributed by atoms with Crippen LogP contribution in [0.1, 0.15) is 17.3 Å². The molecule has 1 heterocycles. The monoisotopic (exact) mass is 221 g/mol. The molecule has 5 nitrogen and oxygen atoms in total. The number of rotatable bonds is 4. The molecule has 1 aromatic rings. The van der Waals surface area contributed by atoms with Gasteiger partial charge in [-0.1, -0.05) is 5.92 Å². The average molecular weight is 221 g/mol. The van der Waals surface area contributed by atoms with E-state index in [4.69, 9.17) is 11.2 Å². The van der Waals surface area contributed by atoms with Crippen LogP contribution in [0.25, 0.3) is 0 Å². The molecule has 0 aromatic carbocycles. The number of esters is 1. The quantitative estimate of drug-likeness (QED) is 0.581. The standard InChI is InChI=1S/C11H15N3O2/c1-5-6-12-10(11(15)16-4)9-7-13-14(3)8(9)2/h1,7,10,12H,6H2,2-4H3. The highest BCUT2D eigenvalue weighted by Gasteiger charge is 2.24. The minimum atomic E-state index is -0.560. The SMILES string of the molecule is C#CCNC(C(=O)OC)c1cnn(C)c1C. The van der Waals surface area contributed by atoms with Gasteiger partial charge in [-0.2, -0.15) is 5.10 Å². The van der Waals surface area contributed by atoms with Gasteiger partial charge in [0.1, 0.15) is 6.04 Å². The van der Waals surface area contributed by atoms with Gasteiger partial charge >= 0.3 is 5.97 Å². The van der Waals surface area contributed by atoms with Gasteiger partial charge in [0.2, 0.25) is 0 Å². The molecule has 0 amide bonds. The van der Waals surface area contributed by atoms with Gasteiger partial charge in [-0.3, -0.25) is 10.00 Å². The van der Waals surface area contributed by atoms with Crippen molar-refractivity contribution in [3.05, 3.63) is 17.5 Å². The minimum Gasteiger partial charge on any atom is -0.468 e. The summed E-state index contributed by atoms with van der Waals surface area (Å²) >= 11 is 0. The van der Waals surface area contributed by atoms with Crippen molar-refractivity contribution in [2.75, 3.05) is 13.7 Å². The third-order valence-corrected chi connectivity index (χ3v) is 2.43. The molecule has 0 saturated heterocycles. The zero-order chi connectivity index (χ0) is 12.1. The smallest absolute Gasteiger partial charge is 0.327 e. The van der Waals surface area contributed by atoms with E-state index in [1.165, 1.54) is 7.11 Å². The number of carbonyl (C=O) groups is 1. The van der Waals surface area contributed by atoms with Crippen molar-refractivity contribution in [1.82, 2.24) is 15.1 Å². The van der Waals surface area contributed by atoms with Crippen LogP contribution in [0.4, 0.5) is 0 Å². The summed E-state index contributed by atoms with van der Waals surface area (Å²) in [4.78, 5) is 11.6. The normalized spacial score (nSPS) is 11.9. The Morgan fingerprint density at radius 3 is 2.94 bits per heavy atom. The molecule has 86 valence electrons. The van der Waals surface area contributed by atoms with Crippen LogP contribution in [0.2, 0.25) is 0 Å². The van der Waals surface area contributed by atoms with Crippen molar-refractivity contribution in [3.63, 3.8) is 0 Å². The van der Waals surface area contributed by atoms with Crippen LogP contribution in [0.3, 0.4) is 0 Å². The third kappa shape index (κ3) is 2.41. The molecule has 1 atom stereocenters. The second-order valence-electron chi connectivity index (χ2n) is 3.35. The Balaban J connectivity index is 2.97. The number of carbonyl (C=O) groups excluding carboxylic acids is 1. The molecule has 0 radical (unpaired) electrons. The number of aryl methyl sites for hydroxylation is 1. The topological polar surface area (TPSA) is 56.1 Å². The fourth-order valence-electron chi connectivity index (χ4n) is 1.40. The molecule has 0 spiro atoms. The fourth-order valence-corrected chi connectivity index (χ4v) is 1.40. The van der Waals surface area contributed by atoms with Crippen molar-refractivity contribution in [3.8, 4) is 12.3 Å². The van der Waals surface area contributed by atoms with E-state index in [9.17, 15) is 4.79 Å². The van der Waals surface area contributed by atoms with Crippen LogP contribution < -0.4 is 5.32 Å². The van der Waals surface area contributed by atoms with Gasteiger partial charge in [-0.25, -0.2) is 4.79 Å². The average Bonchev–Trinajstić information content (AvgIpc) is 2.61. The molecule has 0 aliphatic carbocycles. The number of nitrogens with zero attached hydrogens (tertiary/aromatic N) is 2. The van der Waals surface area contributed by atoms with E-state index in [1.807, 2.05) is 14.0 Å². The summed E-state index contributed by atoms with van der Waals surface area (Å²) < 4.78 is 6.42. The van der Waals surface area contributed by atoms with Gasteiger partial charge in [0.05, 0.1) is 19.9 Å². The largest absolute Gasteiger partial charge is 0.468 e. The summed E-state index contributed by atoms with van der Waals surface area (Å²) in [6.07, 6.45) is 6.79. The van der Waals surface area contributed by atoms with Crippen LogP contribution in [-0.2, 0) is 16.6 Å². The first-order chi connectivity index (χ1) is 7.61. The van der Waals surface area contributed by atoms with E-state index in [0.29, 0.717) is 6.54 Å². The maximum atomic E-state index is 11.6. The molecule has 0 aliphatic rings. The van der Waals surface area contributed by atoms with Gasteiger partial charge in [0.15, 0.2) is 0 Å². The van der Waals surface area contributed by atoms with Crippen LogP contribution in [-0.4, -0.2) is 29.4 Å². The van der Waals surface area contributed by atoms with Crippen molar-refractivity contribution in [2.24, 2.45) is 7.05 Å². The molecule has 1 unspecified atom stereocenters. The van der Waals surface area contributed by atoms with E-state index in [0.717, 1.165) is 11.3 Å². The molecule has 1 N–H and O–H groups in total. The molecule has 16 heavy (non-hydrogen) atoms. The molecule has 1 rings (SSSR count). The zero-order valence-corrected chi connectivity index (χ0v) is 9.65. The van der Waals surface area contributed by atoms with E-state index in [-0.39, 0.29) is 5.97 Å². The van der Waals surface area contributed by atoms with Crippen LogP contribution in [0, 0.1) is 19.3 Å². The highest BCUT2D eigenvalue weighted by molar-refractivity contribution is 5.77. The summed E-state index contributed by atoms with van der Waals surface area (Å²) in [6.45, 7) is 2.18. The second-order valence-corrected chi connectivity index (χ2v) is 3.35. The minimum absolute atomic E-state index is 0.300. The number of nitrogens with one attached hydrogen (secondary N) is 1. The number of aromatic nitrogens is 2. The van der Waals surface area contributed by atoms with Crippen molar-refractivity contribution >= 4 is 5.97 Å². The van der Waals surface area contributed by atoms with Crippen LogP contribution in [0.5, 0.6) is 0 Å². The molecule has 5 heteroatoms. The zero-order valence-electron chi connectivity index (χ0n) is 9.65. The molecule has 0 bridgehead atoms. The number of terminal acetylenes is 1. The van der Waals surface area contributed by atoms with E-state index in [1.54, 1.807) is 10.9 Å². The lowest BCUT2D eigenvalue weighted by molar-refractivity contribution is -0.143. The Labute approximate surface area is 94.8 Å². The van der Waals surface area contributed by atoms with E-state index in [2.05, 4.69) is 16.3 Å². The molecule has 1 aromatic heterocycles. The van der Waals surface area contributed by atoms with Crippen LogP contribution >= 0.6 is 0 Å². The van der Waals surface area contributed by atoms with Crippen molar-refractivity contribution < 1.29 is 9.53 Å². The maximum absolute atomic E-state index is 11.6. The lowest BCUT2D eigenvalue weighted by Gasteiger charge is -2.14. The summed E-state index contributed by atoms with van der Waals surface area (Å²) in [7, 11) is 3.16. The van der Waals surface area contributed by atoms with Gasteiger partial charge in [0.25, 0.3) is 0 Å². The summed E-state index contributed by atoms with van der Waals surface area (Å²) in [5, 5.41) is 7.01. The fraction of sp³-hybridized carbons (Fsp3) is 0.455. The summed E-state index contributed by atoms with van der Waals surface area (Å²) in [5.74, 6) is 2.06. The van der Waals surface area contributed by atoms with Gasteiger partial charge in [0, 0.05) is 18.3 Å². The van der Waals surface area contributed by atoms with Crippen molar-refractivity contribution in [2.45, 2.75) is 13.0 Å². The van der Waals surface area contributed by atoms with Gasteiger partial charge in [-0.15, -0.1) is 6.42 Å². The summed E-state index contributed by atoms with van der Waals surface area (Å²) in [6, 6.07) is -0.560. The Morgan fingerprint density at radius 1 is 1.81 bits per heavy atom. The van der Waals surface area contributed by atoms with Gasteiger partial charge in [-0.05, 0) is 6.92 Å². The summed E-state index contributed by atoms with van der Waals surface area (Å²) in [5.41, 5.74) is 1.68. The number of hydrogen-bond acceptors (Lipinski definition) is 4. The highest BCUT2D eigenvalue weighted by Crippen LogP contribution is 2.17. The second kappa shape index (κ2) is 5.33. The predicted molar refractivity (Wildman–Crippen MR) is 59.5 cm³/mol. The number of methoxy groups -OCH3 is 1. The van der Waals surface area contributed by atoms with Crippen LogP contribution in [0.15, 0.2) is 6.20 Å². The molecule has 0 aliphatic heterocycles. The third-order valence-electron chi connectivity index (χ3n) is 2.43. The molecular formula is C11H15N3O2. The number of ether oxygens (including phenoxy) is 1. The first kappa shape index (κ1) is 12.3. The Morgan fingerprint density at radius 2 is 2.50 bits per heavy atom. The first-order valence-corrected chi connectivity index (χ1v) is 4.85. The van der Waals surface area contributed by atoms with Crippen molar-refractivity contribution in [1.29, 1.82) is 0 Å². The lowest BCUT2D eigenvalue weighted by atomic mass is 10.1. The molecule has 0 saturated carbocycles. The predicted octanol–water partition coefficient (Wildman–Crippen LogP) is 0.165. The lowest BCUT2D eigenvalue weighted by Crippen LogP contribution is -2.30. The van der Waals surface area contributed by atoms with E-state index >= 15 is 0 Å². The molecule has 0 fully saturated rings. The van der Waals surface area contributed by atoms with E-state index < -0.39 is 6.04 Å². The maximum Gasteiger partial charge on any atom is 0.327 e. The van der Waals surface area contributed by atoms with Gasteiger partial charge < -0.3 is 4.74 Å². The Hall–Kier alpha value is -1.80. The Bertz CT molecular complexity index is 417. The number of hydrogen-bond donors (Lipinski definition) is 1. The first-order valence-electron chi connectivity index (χ1n) is 4.85. The molecular weight excluding hydrogens is 206 g/mol. The highest BCUT2D eigenvalue weighted by atomic mass is 16.5. The Kier molecular flexibility index (Phi) is 4.09.